The van der Waals surface area contributed by atoms with E-state index in [1.54, 1.807) is 6.21 Å². The fourth-order valence-corrected chi connectivity index (χ4v) is 2.14. The van der Waals surface area contributed by atoms with E-state index in [1.165, 1.54) is 24.2 Å². The first-order chi connectivity index (χ1) is 12.7. The third-order valence-electron chi connectivity index (χ3n) is 3.58. The van der Waals surface area contributed by atoms with E-state index in [4.69, 9.17) is 4.74 Å². The molecule has 0 aliphatic heterocycles. The lowest BCUT2D eigenvalue weighted by Gasteiger charge is -2.06. The van der Waals surface area contributed by atoms with Gasteiger partial charge in [0, 0.05) is 12.4 Å². The average Bonchev–Trinajstić information content (AvgIpc) is 2.69. The molecule has 0 spiro atoms. The number of benzene rings is 2. The maximum absolute atomic E-state index is 11.8. The fourth-order valence-electron chi connectivity index (χ4n) is 2.14. The minimum atomic E-state index is -0.410. The zero-order chi connectivity index (χ0) is 18.2. The van der Waals surface area contributed by atoms with Crippen LogP contribution >= 0.6 is 0 Å². The Kier molecular flexibility index (Phi) is 5.67. The molecule has 1 heterocycles. The van der Waals surface area contributed by atoms with E-state index in [9.17, 15) is 4.79 Å². The first-order valence-corrected chi connectivity index (χ1v) is 8.08. The minimum absolute atomic E-state index is 0.213. The molecule has 0 unspecified atom stereocenters. The third kappa shape index (κ3) is 4.98. The Morgan fingerprint density at radius 1 is 1.12 bits per heavy atom. The number of rotatable bonds is 6. The van der Waals surface area contributed by atoms with Gasteiger partial charge in [-0.25, -0.2) is 10.4 Å². The molecule has 130 valence electrons. The van der Waals surface area contributed by atoms with Crippen molar-refractivity contribution < 1.29 is 9.53 Å². The summed E-state index contributed by atoms with van der Waals surface area (Å²) >= 11 is 0. The molecule has 0 aliphatic carbocycles. The third-order valence-corrected chi connectivity index (χ3v) is 3.58. The Balaban J connectivity index is 1.51. The van der Waals surface area contributed by atoms with Crippen molar-refractivity contribution in [2.75, 3.05) is 0 Å². The molecule has 6 heteroatoms. The molecule has 0 radical (unpaired) electrons. The predicted octanol–water partition coefficient (Wildman–Crippen LogP) is 3.13. The number of hydrogen-bond donors (Lipinski definition) is 1. The lowest BCUT2D eigenvalue weighted by atomic mass is 10.2. The van der Waals surface area contributed by atoms with Crippen molar-refractivity contribution in [1.82, 2.24) is 15.4 Å². The van der Waals surface area contributed by atoms with E-state index < -0.39 is 5.91 Å². The van der Waals surface area contributed by atoms with Crippen LogP contribution in [0.4, 0.5) is 0 Å². The van der Waals surface area contributed by atoms with Crippen LogP contribution in [0.15, 0.2) is 72.2 Å². The van der Waals surface area contributed by atoms with Crippen LogP contribution in [0.1, 0.15) is 27.2 Å². The molecule has 0 fully saturated rings. The summed E-state index contributed by atoms with van der Waals surface area (Å²) in [6, 6.07) is 15.7. The Morgan fingerprint density at radius 3 is 2.58 bits per heavy atom. The molecule has 6 nitrogen and oxygen atoms in total. The van der Waals surface area contributed by atoms with Crippen LogP contribution in [0, 0.1) is 6.92 Å². The van der Waals surface area contributed by atoms with Gasteiger partial charge in [0.1, 0.15) is 18.1 Å². The SMILES string of the molecule is Cc1ccc(COc2ccc(/C=N\NC(=O)c3cnccn3)cc2)cc1. The first-order valence-electron chi connectivity index (χ1n) is 8.08. The number of nitrogens with zero attached hydrogens (tertiary/aromatic N) is 3. The first kappa shape index (κ1) is 17.3. The number of nitrogens with one attached hydrogen (secondary N) is 1. The molecule has 1 N–H and O–H groups in total. The number of carbonyl (C=O) groups excluding carboxylic acids is 1. The van der Waals surface area contributed by atoms with Crippen molar-refractivity contribution in [3.63, 3.8) is 0 Å². The van der Waals surface area contributed by atoms with Crippen LogP contribution in [-0.4, -0.2) is 22.1 Å². The van der Waals surface area contributed by atoms with Gasteiger partial charge in [-0.05, 0) is 42.3 Å². The summed E-state index contributed by atoms with van der Waals surface area (Å²) in [5.41, 5.74) is 5.81. The van der Waals surface area contributed by atoms with E-state index >= 15 is 0 Å². The fraction of sp³-hybridized carbons (Fsp3) is 0.100. The normalized spacial score (nSPS) is 10.7. The van der Waals surface area contributed by atoms with Gasteiger partial charge in [-0.1, -0.05) is 29.8 Å². The highest BCUT2D eigenvalue weighted by Crippen LogP contribution is 2.14. The molecular formula is C20H18N4O2. The van der Waals surface area contributed by atoms with Gasteiger partial charge in [-0.15, -0.1) is 0 Å². The molecule has 0 saturated carbocycles. The summed E-state index contributed by atoms with van der Waals surface area (Å²) in [4.78, 5) is 19.5. The molecule has 0 aliphatic rings. The van der Waals surface area contributed by atoms with Gasteiger partial charge in [0.15, 0.2) is 0 Å². The van der Waals surface area contributed by atoms with E-state index in [1.807, 2.05) is 24.3 Å². The van der Waals surface area contributed by atoms with E-state index in [-0.39, 0.29) is 5.69 Å². The molecule has 2 aromatic carbocycles. The van der Waals surface area contributed by atoms with Crippen molar-refractivity contribution in [3.8, 4) is 5.75 Å². The second-order valence-corrected chi connectivity index (χ2v) is 5.63. The van der Waals surface area contributed by atoms with Crippen molar-refractivity contribution in [1.29, 1.82) is 0 Å². The van der Waals surface area contributed by atoms with Gasteiger partial charge in [0.2, 0.25) is 0 Å². The molecule has 1 aromatic heterocycles. The molecule has 1 amide bonds. The average molecular weight is 346 g/mol. The summed E-state index contributed by atoms with van der Waals surface area (Å²) in [5, 5.41) is 3.92. The monoisotopic (exact) mass is 346 g/mol. The maximum Gasteiger partial charge on any atom is 0.291 e. The number of ether oxygens (including phenoxy) is 1. The number of hydrogen-bond acceptors (Lipinski definition) is 5. The quantitative estimate of drug-likeness (QED) is 0.549. The number of aromatic nitrogens is 2. The van der Waals surface area contributed by atoms with Crippen LogP contribution in [0.3, 0.4) is 0 Å². The number of amides is 1. The summed E-state index contributed by atoms with van der Waals surface area (Å²) in [6.45, 7) is 2.57. The van der Waals surface area contributed by atoms with Crippen molar-refractivity contribution in [2.45, 2.75) is 13.5 Å². The molecule has 0 atom stereocenters. The van der Waals surface area contributed by atoms with Gasteiger partial charge in [-0.2, -0.15) is 5.10 Å². The van der Waals surface area contributed by atoms with Crippen LogP contribution in [0.2, 0.25) is 0 Å². The number of carbonyl (C=O) groups is 1. The highest BCUT2D eigenvalue weighted by atomic mass is 16.5. The Hall–Kier alpha value is -3.54. The van der Waals surface area contributed by atoms with E-state index in [0.717, 1.165) is 16.9 Å². The topological polar surface area (TPSA) is 76.5 Å². The molecule has 3 rings (SSSR count). The molecule has 0 bridgehead atoms. The summed E-state index contributed by atoms with van der Waals surface area (Å²) < 4.78 is 5.76. The van der Waals surface area contributed by atoms with Gasteiger partial charge in [0.25, 0.3) is 5.91 Å². The summed E-state index contributed by atoms with van der Waals surface area (Å²) in [7, 11) is 0. The maximum atomic E-state index is 11.8. The van der Waals surface area contributed by atoms with Crippen LogP contribution in [-0.2, 0) is 6.61 Å². The van der Waals surface area contributed by atoms with Crippen molar-refractivity contribution in [2.24, 2.45) is 5.10 Å². The number of hydrazone groups is 1. The molecule has 3 aromatic rings. The van der Waals surface area contributed by atoms with Crippen molar-refractivity contribution >= 4 is 12.1 Å². The van der Waals surface area contributed by atoms with Gasteiger partial charge in [0.05, 0.1) is 12.4 Å². The largest absolute Gasteiger partial charge is 0.489 e. The highest BCUT2D eigenvalue weighted by molar-refractivity contribution is 5.92. The highest BCUT2D eigenvalue weighted by Gasteiger charge is 2.04. The van der Waals surface area contributed by atoms with Crippen LogP contribution in [0.25, 0.3) is 0 Å². The van der Waals surface area contributed by atoms with Gasteiger partial charge in [-0.3, -0.25) is 9.78 Å². The molecular weight excluding hydrogens is 328 g/mol. The Morgan fingerprint density at radius 2 is 1.88 bits per heavy atom. The molecule has 0 saturated heterocycles. The standard InChI is InChI=1S/C20H18N4O2/c1-15-2-4-17(5-3-15)14-26-18-8-6-16(7-9-18)12-23-24-20(25)19-13-21-10-11-22-19/h2-13H,14H2,1H3,(H,24,25)/b23-12-. The van der Waals surface area contributed by atoms with Gasteiger partial charge >= 0.3 is 0 Å². The molecule has 26 heavy (non-hydrogen) atoms. The van der Waals surface area contributed by atoms with E-state index in [2.05, 4.69) is 51.7 Å². The summed E-state index contributed by atoms with van der Waals surface area (Å²) in [6.07, 6.45) is 5.89. The zero-order valence-corrected chi connectivity index (χ0v) is 14.3. The number of aryl methyl sites for hydroxylation is 1. The lowest BCUT2D eigenvalue weighted by Crippen LogP contribution is -2.19. The van der Waals surface area contributed by atoms with Crippen molar-refractivity contribution in [3.05, 3.63) is 89.5 Å². The Labute approximate surface area is 151 Å². The summed E-state index contributed by atoms with van der Waals surface area (Å²) in [5.74, 6) is 0.360. The lowest BCUT2D eigenvalue weighted by molar-refractivity contribution is 0.0949. The second kappa shape index (κ2) is 8.53. The smallest absolute Gasteiger partial charge is 0.291 e. The minimum Gasteiger partial charge on any atom is -0.489 e. The van der Waals surface area contributed by atoms with Crippen LogP contribution in [0.5, 0.6) is 5.75 Å². The van der Waals surface area contributed by atoms with E-state index in [0.29, 0.717) is 6.61 Å². The Bertz CT molecular complexity index is 876. The van der Waals surface area contributed by atoms with Crippen LogP contribution < -0.4 is 10.2 Å². The zero-order valence-electron chi connectivity index (χ0n) is 14.3. The second-order valence-electron chi connectivity index (χ2n) is 5.63. The van der Waals surface area contributed by atoms with Gasteiger partial charge < -0.3 is 4.74 Å². The predicted molar refractivity (Wildman–Crippen MR) is 99.0 cm³/mol.